The first-order valence-corrected chi connectivity index (χ1v) is 11.0. The van der Waals surface area contributed by atoms with E-state index in [4.69, 9.17) is 4.74 Å². The first-order valence-electron chi connectivity index (χ1n) is 11.0. The number of urea groups is 1. The van der Waals surface area contributed by atoms with E-state index >= 15 is 0 Å². The number of imide groups is 1. The van der Waals surface area contributed by atoms with Crippen LogP contribution in [0.3, 0.4) is 0 Å². The number of amides is 4. The summed E-state index contributed by atoms with van der Waals surface area (Å²) >= 11 is 0. The summed E-state index contributed by atoms with van der Waals surface area (Å²) in [7, 11) is 0. The van der Waals surface area contributed by atoms with E-state index in [1.807, 2.05) is 24.3 Å². The van der Waals surface area contributed by atoms with Crippen molar-refractivity contribution >= 4 is 29.5 Å². The highest BCUT2D eigenvalue weighted by molar-refractivity contribution is 6.00. The zero-order chi connectivity index (χ0) is 22.4. The van der Waals surface area contributed by atoms with Crippen molar-refractivity contribution in [1.29, 1.82) is 0 Å². The van der Waals surface area contributed by atoms with E-state index < -0.39 is 30.4 Å². The van der Waals surface area contributed by atoms with E-state index in [-0.39, 0.29) is 30.8 Å². The maximum Gasteiger partial charge on any atom is 0.321 e. The van der Waals surface area contributed by atoms with Gasteiger partial charge in [0.05, 0.1) is 5.92 Å². The molecule has 1 saturated carbocycles. The molecule has 4 amide bonds. The lowest BCUT2D eigenvalue weighted by molar-refractivity contribution is -0.152. The standard InChI is InChI=1S/C23H31N3O5/c1-3-15(2)18-10-6-7-11-19(18)26-13-16(12-21(26)28)22(29)31-14-20(27)25-23(30)24-17-8-4-5-9-17/h6-7,10-11,15-17H,3-5,8-9,12-14H2,1-2H3,(H2,24,25,27,30)/t15-,16-/m0/s1. The van der Waals surface area contributed by atoms with Crippen LogP contribution in [0.2, 0.25) is 0 Å². The van der Waals surface area contributed by atoms with Crippen LogP contribution >= 0.6 is 0 Å². The molecule has 31 heavy (non-hydrogen) atoms. The van der Waals surface area contributed by atoms with Gasteiger partial charge in [0.2, 0.25) is 5.91 Å². The predicted molar refractivity (Wildman–Crippen MR) is 115 cm³/mol. The second kappa shape index (κ2) is 10.4. The summed E-state index contributed by atoms with van der Waals surface area (Å²) < 4.78 is 5.08. The van der Waals surface area contributed by atoms with Crippen molar-refractivity contribution in [2.45, 2.75) is 64.3 Å². The summed E-state index contributed by atoms with van der Waals surface area (Å²) in [5.74, 6) is -1.79. The van der Waals surface area contributed by atoms with Gasteiger partial charge in [-0.3, -0.25) is 19.7 Å². The summed E-state index contributed by atoms with van der Waals surface area (Å²) in [5, 5.41) is 4.92. The predicted octanol–water partition coefficient (Wildman–Crippen LogP) is 2.86. The minimum absolute atomic E-state index is 0.0391. The number of esters is 1. The number of hydrogen-bond acceptors (Lipinski definition) is 5. The molecule has 168 valence electrons. The molecule has 2 N–H and O–H groups in total. The summed E-state index contributed by atoms with van der Waals surface area (Å²) in [6, 6.07) is 7.23. The third kappa shape index (κ3) is 5.83. The first kappa shape index (κ1) is 22.8. The van der Waals surface area contributed by atoms with Crippen molar-refractivity contribution in [3.05, 3.63) is 29.8 Å². The van der Waals surface area contributed by atoms with E-state index in [1.165, 1.54) is 0 Å². The van der Waals surface area contributed by atoms with Crippen LogP contribution in [-0.2, 0) is 19.1 Å². The summed E-state index contributed by atoms with van der Waals surface area (Å²) in [4.78, 5) is 50.4. The molecule has 0 unspecified atom stereocenters. The largest absolute Gasteiger partial charge is 0.455 e. The van der Waals surface area contributed by atoms with Gasteiger partial charge >= 0.3 is 12.0 Å². The Bertz CT molecular complexity index is 834. The highest BCUT2D eigenvalue weighted by Gasteiger charge is 2.37. The number of carbonyl (C=O) groups excluding carboxylic acids is 4. The minimum atomic E-state index is -0.688. The number of nitrogens with one attached hydrogen (secondary N) is 2. The van der Waals surface area contributed by atoms with Crippen LogP contribution in [0.4, 0.5) is 10.5 Å². The lowest BCUT2D eigenvalue weighted by Crippen LogP contribution is -2.45. The lowest BCUT2D eigenvalue weighted by atomic mass is 9.96. The quantitative estimate of drug-likeness (QED) is 0.649. The highest BCUT2D eigenvalue weighted by atomic mass is 16.5. The average Bonchev–Trinajstić information content (AvgIpc) is 3.40. The lowest BCUT2D eigenvalue weighted by Gasteiger charge is -2.23. The maximum atomic E-state index is 12.6. The van der Waals surface area contributed by atoms with Gasteiger partial charge in [-0.05, 0) is 36.8 Å². The number of para-hydroxylation sites is 1. The number of rotatable bonds is 7. The number of carbonyl (C=O) groups is 4. The van der Waals surface area contributed by atoms with Gasteiger partial charge in [-0.15, -0.1) is 0 Å². The highest BCUT2D eigenvalue weighted by Crippen LogP contribution is 2.33. The number of hydrogen-bond donors (Lipinski definition) is 2. The first-order chi connectivity index (χ1) is 14.9. The van der Waals surface area contributed by atoms with E-state index in [2.05, 4.69) is 24.5 Å². The van der Waals surface area contributed by atoms with Crippen LogP contribution in [0.1, 0.15) is 63.9 Å². The molecule has 1 aromatic rings. The van der Waals surface area contributed by atoms with Crippen LogP contribution in [0.25, 0.3) is 0 Å². The molecule has 1 aliphatic carbocycles. The molecule has 8 nitrogen and oxygen atoms in total. The summed E-state index contributed by atoms with van der Waals surface area (Å²) in [6.45, 7) is 3.86. The van der Waals surface area contributed by atoms with Gasteiger partial charge in [0.25, 0.3) is 5.91 Å². The molecule has 1 aromatic carbocycles. The number of anilines is 1. The monoisotopic (exact) mass is 429 g/mol. The van der Waals surface area contributed by atoms with Gasteiger partial charge < -0.3 is 15.0 Å². The van der Waals surface area contributed by atoms with E-state index in [9.17, 15) is 19.2 Å². The van der Waals surface area contributed by atoms with Crippen molar-refractivity contribution in [3.63, 3.8) is 0 Å². The molecule has 0 radical (unpaired) electrons. The second-order valence-electron chi connectivity index (χ2n) is 8.38. The Morgan fingerprint density at radius 2 is 1.90 bits per heavy atom. The van der Waals surface area contributed by atoms with Gasteiger partial charge in [-0.2, -0.15) is 0 Å². The fourth-order valence-electron chi connectivity index (χ4n) is 4.18. The van der Waals surface area contributed by atoms with Gasteiger partial charge in [-0.25, -0.2) is 4.79 Å². The summed E-state index contributed by atoms with van der Waals surface area (Å²) in [6.07, 6.45) is 4.92. The van der Waals surface area contributed by atoms with E-state index in [0.717, 1.165) is 43.4 Å². The average molecular weight is 430 g/mol. The molecular weight excluding hydrogens is 398 g/mol. The molecule has 3 rings (SSSR count). The van der Waals surface area contributed by atoms with Crippen LogP contribution in [0.5, 0.6) is 0 Å². The molecule has 1 aliphatic heterocycles. The van der Waals surface area contributed by atoms with E-state index in [1.54, 1.807) is 4.90 Å². The normalized spacial score (nSPS) is 19.9. The van der Waals surface area contributed by atoms with E-state index in [0.29, 0.717) is 0 Å². The van der Waals surface area contributed by atoms with Gasteiger partial charge in [-0.1, -0.05) is 44.9 Å². The van der Waals surface area contributed by atoms with Crippen molar-refractivity contribution in [1.82, 2.24) is 10.6 Å². The topological polar surface area (TPSA) is 105 Å². The van der Waals surface area contributed by atoms with Crippen LogP contribution in [0.15, 0.2) is 24.3 Å². The van der Waals surface area contributed by atoms with Crippen molar-refractivity contribution in [2.24, 2.45) is 5.92 Å². The SMILES string of the molecule is CC[C@H](C)c1ccccc1N1C[C@@H](C(=O)OCC(=O)NC(=O)NC2CCCC2)CC1=O. The zero-order valence-electron chi connectivity index (χ0n) is 18.2. The molecule has 0 spiro atoms. The zero-order valence-corrected chi connectivity index (χ0v) is 18.2. The third-order valence-electron chi connectivity index (χ3n) is 6.12. The van der Waals surface area contributed by atoms with Crippen LogP contribution < -0.4 is 15.5 Å². The Kier molecular flexibility index (Phi) is 7.65. The molecule has 2 atom stereocenters. The Hall–Kier alpha value is -2.90. The molecule has 1 saturated heterocycles. The molecule has 1 heterocycles. The molecule has 2 aliphatic rings. The Balaban J connectivity index is 1.50. The van der Waals surface area contributed by atoms with Crippen molar-refractivity contribution < 1.29 is 23.9 Å². The minimum Gasteiger partial charge on any atom is -0.455 e. The number of nitrogens with zero attached hydrogens (tertiary/aromatic N) is 1. The molecule has 2 fully saturated rings. The molecule has 0 aromatic heterocycles. The molecular formula is C23H31N3O5. The van der Waals surface area contributed by atoms with Crippen LogP contribution in [0, 0.1) is 5.92 Å². The number of benzene rings is 1. The van der Waals surface area contributed by atoms with Crippen molar-refractivity contribution in [2.75, 3.05) is 18.1 Å². The fourth-order valence-corrected chi connectivity index (χ4v) is 4.18. The van der Waals surface area contributed by atoms with Crippen LogP contribution in [-0.4, -0.2) is 43.0 Å². The second-order valence-corrected chi connectivity index (χ2v) is 8.38. The maximum absolute atomic E-state index is 12.6. The Labute approximate surface area is 182 Å². The Morgan fingerprint density at radius 1 is 1.19 bits per heavy atom. The van der Waals surface area contributed by atoms with Gasteiger partial charge in [0.15, 0.2) is 6.61 Å². The molecule has 0 bridgehead atoms. The summed E-state index contributed by atoms with van der Waals surface area (Å²) in [5.41, 5.74) is 1.89. The van der Waals surface area contributed by atoms with Gasteiger partial charge in [0.1, 0.15) is 0 Å². The third-order valence-corrected chi connectivity index (χ3v) is 6.12. The van der Waals surface area contributed by atoms with Gasteiger partial charge in [0, 0.05) is 24.7 Å². The fraction of sp³-hybridized carbons (Fsp3) is 0.565. The Morgan fingerprint density at radius 3 is 2.61 bits per heavy atom. The molecule has 8 heteroatoms. The van der Waals surface area contributed by atoms with Crippen molar-refractivity contribution in [3.8, 4) is 0 Å². The number of ether oxygens (including phenoxy) is 1. The smallest absolute Gasteiger partial charge is 0.321 e.